The van der Waals surface area contributed by atoms with Gasteiger partial charge in [-0.15, -0.1) is 0 Å². The first-order valence-corrected chi connectivity index (χ1v) is 14.8. The van der Waals surface area contributed by atoms with E-state index in [4.69, 9.17) is 16.3 Å². The van der Waals surface area contributed by atoms with Crippen molar-refractivity contribution < 1.29 is 24.2 Å². The van der Waals surface area contributed by atoms with Crippen molar-refractivity contribution in [3.8, 4) is 5.75 Å². The van der Waals surface area contributed by atoms with Crippen molar-refractivity contribution in [3.63, 3.8) is 0 Å². The van der Waals surface area contributed by atoms with E-state index < -0.39 is 35.6 Å². The van der Waals surface area contributed by atoms with E-state index in [0.717, 1.165) is 24.8 Å². The molecule has 3 amide bonds. The highest BCUT2D eigenvalue weighted by atomic mass is 35.5. The number of ether oxygens (including phenoxy) is 1. The van der Waals surface area contributed by atoms with Crippen LogP contribution in [-0.2, 0) is 14.3 Å². The average Bonchev–Trinajstić information content (AvgIpc) is 2.86. The van der Waals surface area contributed by atoms with Crippen molar-refractivity contribution in [2.75, 3.05) is 11.9 Å². The Morgan fingerprint density at radius 3 is 2.29 bits per heavy atom. The minimum absolute atomic E-state index is 0.0593. The van der Waals surface area contributed by atoms with Crippen LogP contribution in [0.2, 0.25) is 5.02 Å². The summed E-state index contributed by atoms with van der Waals surface area (Å²) in [6, 6.07) is 9.64. The predicted molar refractivity (Wildman–Crippen MR) is 164 cm³/mol. The molecule has 2 aromatic carbocycles. The lowest BCUT2D eigenvalue weighted by atomic mass is 9.98. The van der Waals surface area contributed by atoms with Gasteiger partial charge in [-0.05, 0) is 64.2 Å². The molecule has 226 valence electrons. The molecule has 0 aliphatic rings. The molecule has 0 aliphatic carbocycles. The highest BCUT2D eigenvalue weighted by Gasteiger charge is 2.37. The van der Waals surface area contributed by atoms with Crippen molar-refractivity contribution in [1.29, 1.82) is 0 Å². The molecule has 0 spiro atoms. The van der Waals surface area contributed by atoms with Crippen LogP contribution < -0.4 is 10.6 Å². The molecule has 0 heterocycles. The summed E-state index contributed by atoms with van der Waals surface area (Å²) in [5.41, 5.74) is 0.718. The zero-order valence-corrected chi connectivity index (χ0v) is 26.2. The molecule has 0 aliphatic heterocycles. The Hall–Kier alpha value is -3.26. The summed E-state index contributed by atoms with van der Waals surface area (Å²) in [6.45, 7) is 13.3. The fraction of sp³-hybridized carbons (Fsp3) is 0.531. The molecule has 2 aromatic rings. The van der Waals surface area contributed by atoms with Crippen molar-refractivity contribution in [2.24, 2.45) is 5.92 Å². The van der Waals surface area contributed by atoms with Gasteiger partial charge in [-0.3, -0.25) is 9.59 Å². The summed E-state index contributed by atoms with van der Waals surface area (Å²) in [7, 11) is 0. The minimum atomic E-state index is -1.18. The van der Waals surface area contributed by atoms with Gasteiger partial charge in [0.25, 0.3) is 5.91 Å². The number of aryl methyl sites for hydroxylation is 1. The zero-order valence-electron chi connectivity index (χ0n) is 25.4. The number of amides is 3. The fourth-order valence-corrected chi connectivity index (χ4v) is 4.84. The number of alkyl carbamates (subject to hydrolysis) is 1. The van der Waals surface area contributed by atoms with Gasteiger partial charge < -0.3 is 25.4 Å². The molecule has 0 radical (unpaired) electrons. The van der Waals surface area contributed by atoms with Gasteiger partial charge in [0, 0.05) is 12.1 Å². The van der Waals surface area contributed by atoms with Gasteiger partial charge in [0.1, 0.15) is 23.4 Å². The third-order valence-electron chi connectivity index (χ3n) is 6.49. The summed E-state index contributed by atoms with van der Waals surface area (Å²) in [5.74, 6) is -1.01. The maximum Gasteiger partial charge on any atom is 0.408 e. The maximum atomic E-state index is 14.3. The number of carbonyl (C=O) groups excluding carboxylic acids is 3. The SMILES string of the molecule is CCCCCCN(C(=O)C(CC(C)C)NC(=O)OC(C)(C)C)C(C(=O)Nc1c(C)cccc1Cl)c1ccccc1O. The number of phenolic OH excluding ortho intramolecular Hbond substituents is 1. The number of unbranched alkanes of at least 4 members (excludes halogenated alkanes) is 3. The van der Waals surface area contributed by atoms with E-state index in [-0.39, 0.29) is 23.8 Å². The molecule has 0 saturated heterocycles. The maximum absolute atomic E-state index is 14.3. The predicted octanol–water partition coefficient (Wildman–Crippen LogP) is 7.38. The van der Waals surface area contributed by atoms with Gasteiger partial charge in [0.05, 0.1) is 10.7 Å². The fourth-order valence-electron chi connectivity index (χ4n) is 4.57. The van der Waals surface area contributed by atoms with Gasteiger partial charge in [-0.1, -0.05) is 82.0 Å². The number of nitrogens with zero attached hydrogens (tertiary/aromatic N) is 1. The number of halogens is 1. The van der Waals surface area contributed by atoms with Crippen LogP contribution in [0.15, 0.2) is 42.5 Å². The number of rotatable bonds is 13. The molecule has 0 fully saturated rings. The van der Waals surface area contributed by atoms with Crippen molar-refractivity contribution >= 4 is 35.2 Å². The Kier molecular flexibility index (Phi) is 13.0. The zero-order chi connectivity index (χ0) is 30.7. The second-order valence-electron chi connectivity index (χ2n) is 11.8. The van der Waals surface area contributed by atoms with Crippen molar-refractivity contribution in [2.45, 2.75) is 98.3 Å². The summed E-state index contributed by atoms with van der Waals surface area (Å²) < 4.78 is 5.46. The van der Waals surface area contributed by atoms with Gasteiger partial charge >= 0.3 is 6.09 Å². The molecule has 9 heteroatoms. The lowest BCUT2D eigenvalue weighted by Gasteiger charge is -2.35. The topological polar surface area (TPSA) is 108 Å². The highest BCUT2D eigenvalue weighted by molar-refractivity contribution is 6.34. The Morgan fingerprint density at radius 2 is 1.71 bits per heavy atom. The molecule has 0 saturated carbocycles. The van der Waals surface area contributed by atoms with E-state index in [9.17, 15) is 19.5 Å². The molecular formula is C32H46ClN3O5. The molecule has 0 bridgehead atoms. The van der Waals surface area contributed by atoms with Gasteiger partial charge in [-0.2, -0.15) is 0 Å². The Morgan fingerprint density at radius 1 is 1.02 bits per heavy atom. The monoisotopic (exact) mass is 587 g/mol. The van der Waals surface area contributed by atoms with E-state index in [1.807, 2.05) is 26.8 Å². The number of benzene rings is 2. The number of carbonyl (C=O) groups is 3. The lowest BCUT2D eigenvalue weighted by molar-refractivity contribution is -0.141. The van der Waals surface area contributed by atoms with Crippen LogP contribution in [0, 0.1) is 12.8 Å². The second-order valence-corrected chi connectivity index (χ2v) is 12.2. The van der Waals surface area contributed by atoms with Crippen LogP contribution >= 0.6 is 11.6 Å². The number of para-hydroxylation sites is 2. The highest BCUT2D eigenvalue weighted by Crippen LogP contribution is 2.33. The van der Waals surface area contributed by atoms with Crippen LogP contribution in [0.5, 0.6) is 5.75 Å². The third-order valence-corrected chi connectivity index (χ3v) is 6.81. The number of nitrogens with one attached hydrogen (secondary N) is 2. The lowest BCUT2D eigenvalue weighted by Crippen LogP contribution is -2.53. The van der Waals surface area contributed by atoms with E-state index in [2.05, 4.69) is 17.6 Å². The molecule has 0 aromatic heterocycles. The Bertz CT molecular complexity index is 1160. The number of aromatic hydroxyl groups is 1. The average molecular weight is 588 g/mol. The summed E-state index contributed by atoms with van der Waals surface area (Å²) >= 11 is 6.43. The van der Waals surface area contributed by atoms with E-state index in [1.165, 1.54) is 11.0 Å². The number of phenols is 1. The van der Waals surface area contributed by atoms with E-state index in [1.54, 1.807) is 51.1 Å². The van der Waals surface area contributed by atoms with Gasteiger partial charge in [0.2, 0.25) is 5.91 Å². The quantitative estimate of drug-likeness (QED) is 0.212. The van der Waals surface area contributed by atoms with Crippen LogP contribution in [0.4, 0.5) is 10.5 Å². The Balaban J connectivity index is 2.59. The largest absolute Gasteiger partial charge is 0.508 e. The first-order valence-electron chi connectivity index (χ1n) is 14.4. The van der Waals surface area contributed by atoms with Crippen LogP contribution in [0.1, 0.15) is 90.8 Å². The van der Waals surface area contributed by atoms with E-state index >= 15 is 0 Å². The van der Waals surface area contributed by atoms with Crippen LogP contribution in [0.25, 0.3) is 0 Å². The molecule has 3 N–H and O–H groups in total. The van der Waals surface area contributed by atoms with Crippen LogP contribution in [0.3, 0.4) is 0 Å². The second kappa shape index (κ2) is 15.7. The normalized spacial score (nSPS) is 12.9. The third kappa shape index (κ3) is 10.6. The molecule has 2 atom stereocenters. The van der Waals surface area contributed by atoms with Crippen molar-refractivity contribution in [1.82, 2.24) is 10.2 Å². The van der Waals surface area contributed by atoms with Gasteiger partial charge in [0.15, 0.2) is 0 Å². The van der Waals surface area contributed by atoms with Crippen molar-refractivity contribution in [3.05, 3.63) is 58.6 Å². The summed E-state index contributed by atoms with van der Waals surface area (Å²) in [4.78, 5) is 42.7. The van der Waals surface area contributed by atoms with E-state index in [0.29, 0.717) is 23.6 Å². The first-order chi connectivity index (χ1) is 19.2. The Labute approximate surface area is 249 Å². The molecule has 2 unspecified atom stereocenters. The van der Waals surface area contributed by atoms with Crippen LogP contribution in [-0.4, -0.2) is 46.1 Å². The smallest absolute Gasteiger partial charge is 0.408 e. The number of hydrogen-bond acceptors (Lipinski definition) is 5. The molecule has 41 heavy (non-hydrogen) atoms. The van der Waals surface area contributed by atoms with Gasteiger partial charge in [-0.25, -0.2) is 4.79 Å². The standard InChI is InChI=1S/C32H46ClN3O5/c1-8-9-10-13-19-36(30(39)25(20-21(2)3)34-31(40)41-32(5,6)7)28(23-16-11-12-18-26(23)37)29(38)35-27-22(4)15-14-17-24(27)33/h11-12,14-18,21,25,28,37H,8-10,13,19-20H2,1-7H3,(H,34,40)(H,35,38). The summed E-state index contributed by atoms with van der Waals surface area (Å²) in [5, 5.41) is 16.9. The summed E-state index contributed by atoms with van der Waals surface area (Å²) in [6.07, 6.45) is 3.09. The number of anilines is 1. The first kappa shape index (κ1) is 33.9. The molecule has 2 rings (SSSR count). The molecular weight excluding hydrogens is 542 g/mol. The molecule has 8 nitrogen and oxygen atoms in total. The minimum Gasteiger partial charge on any atom is -0.508 e. The number of hydrogen-bond donors (Lipinski definition) is 3.